The van der Waals surface area contributed by atoms with E-state index in [2.05, 4.69) is 97.4 Å². The van der Waals surface area contributed by atoms with Crippen LogP contribution in [0.1, 0.15) is 155 Å². The molecule has 1 fully saturated rings. The summed E-state index contributed by atoms with van der Waals surface area (Å²) in [6.45, 7) is 2.20. The number of aliphatic hydroxyl groups is 2. The molecular weight excluding hydrogens is 783 g/mol. The van der Waals surface area contributed by atoms with E-state index in [0.717, 1.165) is 57.8 Å². The van der Waals surface area contributed by atoms with Gasteiger partial charge in [0.05, 0.1) is 32.0 Å². The molecule has 0 saturated carbocycles. The number of ether oxygens (including phenoxy) is 3. The van der Waals surface area contributed by atoms with Crippen LogP contribution in [0.25, 0.3) is 0 Å². The molecule has 342 valence electrons. The fourth-order valence-corrected chi connectivity index (χ4v) is 6.62. The predicted molar refractivity (Wildman–Crippen MR) is 241 cm³/mol. The maximum atomic E-state index is 12.6. The van der Waals surface area contributed by atoms with Gasteiger partial charge < -0.3 is 29.3 Å². The molecule has 0 aromatic heterocycles. The second kappa shape index (κ2) is 39.0. The lowest BCUT2D eigenvalue weighted by Gasteiger charge is -2.20. The molecule has 1 heterocycles. The van der Waals surface area contributed by atoms with Crippen LogP contribution < -0.4 is 0 Å². The normalized spacial score (nSPS) is 17.9. The number of esters is 2. The minimum Gasteiger partial charge on any atom is -0.462 e. The van der Waals surface area contributed by atoms with Crippen molar-refractivity contribution < 1.29 is 52.5 Å². The van der Waals surface area contributed by atoms with Gasteiger partial charge in [0.15, 0.2) is 6.10 Å². The average Bonchev–Trinajstić information content (AvgIpc) is 3.99. The van der Waals surface area contributed by atoms with Crippen LogP contribution in [0.2, 0.25) is 0 Å². The van der Waals surface area contributed by atoms with Gasteiger partial charge in [-0.1, -0.05) is 137 Å². The van der Waals surface area contributed by atoms with E-state index in [-0.39, 0.29) is 19.4 Å². The number of carbonyl (C=O) groups is 2. The van der Waals surface area contributed by atoms with Crippen molar-refractivity contribution in [2.24, 2.45) is 0 Å². The molecule has 0 amide bonds. The first-order valence-electron chi connectivity index (χ1n) is 22.7. The molecule has 0 aromatic rings. The molecule has 60 heavy (non-hydrogen) atoms. The number of aliphatic hydroxyl groups excluding tert-OH is 2. The van der Waals surface area contributed by atoms with Crippen LogP contribution in [0.4, 0.5) is 0 Å². The van der Waals surface area contributed by atoms with Gasteiger partial charge in [0.2, 0.25) is 0 Å². The van der Waals surface area contributed by atoms with E-state index in [0.29, 0.717) is 31.5 Å². The highest BCUT2D eigenvalue weighted by Gasteiger charge is 2.36. The monoisotopic (exact) mass is 863 g/mol. The summed E-state index contributed by atoms with van der Waals surface area (Å²) < 4.78 is 38.4. The molecule has 1 aliphatic heterocycles. The molecule has 0 aromatic carbocycles. The Balaban J connectivity index is 2.31. The first kappa shape index (κ1) is 55.1. The highest BCUT2D eigenvalue weighted by Crippen LogP contribution is 2.43. The van der Waals surface area contributed by atoms with Crippen LogP contribution >= 0.6 is 7.82 Å². The zero-order valence-electron chi connectivity index (χ0n) is 36.8. The summed E-state index contributed by atoms with van der Waals surface area (Å²) in [7, 11) is -4.65. The Bertz CT molecular complexity index is 1340. The van der Waals surface area contributed by atoms with E-state index in [4.69, 9.17) is 23.8 Å². The number of carbonyl (C=O) groups excluding carboxylic acids is 2. The maximum absolute atomic E-state index is 12.6. The van der Waals surface area contributed by atoms with Gasteiger partial charge in [-0.15, -0.1) is 0 Å². The van der Waals surface area contributed by atoms with Crippen molar-refractivity contribution in [3.8, 4) is 0 Å². The quantitative estimate of drug-likeness (QED) is 0.0177. The third-order valence-corrected chi connectivity index (χ3v) is 10.4. The maximum Gasteiger partial charge on any atom is 0.472 e. The number of hydrogen-bond donors (Lipinski definition) is 3. The Morgan fingerprint density at radius 1 is 0.600 bits per heavy atom. The lowest BCUT2D eigenvalue weighted by Crippen LogP contribution is -2.29. The molecule has 1 saturated heterocycles. The summed E-state index contributed by atoms with van der Waals surface area (Å²) in [5.41, 5.74) is 0. The highest BCUT2D eigenvalue weighted by molar-refractivity contribution is 7.47. The number of epoxide rings is 1. The molecule has 0 aliphatic carbocycles. The molecule has 0 bridgehead atoms. The van der Waals surface area contributed by atoms with Crippen molar-refractivity contribution in [1.29, 1.82) is 0 Å². The Kier molecular flexibility index (Phi) is 35.8. The van der Waals surface area contributed by atoms with Gasteiger partial charge in [0.25, 0.3) is 0 Å². The van der Waals surface area contributed by atoms with Gasteiger partial charge in [-0.25, -0.2) is 4.57 Å². The van der Waals surface area contributed by atoms with Crippen molar-refractivity contribution in [3.05, 3.63) is 85.1 Å². The third kappa shape index (κ3) is 35.8. The fourth-order valence-electron chi connectivity index (χ4n) is 5.83. The molecule has 1 rings (SSSR count). The van der Waals surface area contributed by atoms with E-state index in [9.17, 15) is 24.2 Å². The number of hydrogen-bond acceptors (Lipinski definition) is 10. The van der Waals surface area contributed by atoms with Gasteiger partial charge in [0, 0.05) is 12.8 Å². The van der Waals surface area contributed by atoms with Crippen molar-refractivity contribution in [2.45, 2.75) is 180 Å². The minimum atomic E-state index is -4.65. The molecule has 11 nitrogen and oxygen atoms in total. The summed E-state index contributed by atoms with van der Waals surface area (Å²) in [6.07, 6.45) is 48.7. The standard InChI is InChI=1S/C48H79O11P/c1-3-5-7-8-9-10-11-12-13-14-15-16-17-18-19-24-27-30-34-38-48(52)58-44(42-57-60(53,54)56-40-43(50)39-49)41-55-47(51)37-33-29-26-23-21-20-22-25-28-32-36-46-45(59-46)35-31-6-4-2/h9-10,12-13,15-16,18-20,22-23,26,28,32,43-46,49-50H,3-8,11,14,17,21,24-25,27,29-31,33-42H2,1-2H3,(H,53,54)/b10-9-,13-12-,16-15-,19-18-,22-20-,26-23-,32-28-/t43-,44+,45?,46?/m0/s1. The number of rotatable bonds is 40. The Hall–Kier alpha value is -2.89. The van der Waals surface area contributed by atoms with E-state index >= 15 is 0 Å². The first-order valence-corrected chi connectivity index (χ1v) is 24.2. The molecule has 0 spiro atoms. The predicted octanol–water partition coefficient (Wildman–Crippen LogP) is 11.2. The molecule has 3 unspecified atom stereocenters. The zero-order chi connectivity index (χ0) is 43.8. The second-order valence-corrected chi connectivity index (χ2v) is 16.6. The first-order chi connectivity index (χ1) is 29.2. The molecule has 1 aliphatic rings. The fraction of sp³-hybridized carbons (Fsp3) is 0.667. The van der Waals surface area contributed by atoms with Gasteiger partial charge >= 0.3 is 19.8 Å². The van der Waals surface area contributed by atoms with Crippen molar-refractivity contribution >= 4 is 19.8 Å². The van der Waals surface area contributed by atoms with Gasteiger partial charge in [-0.05, 0) is 89.9 Å². The van der Waals surface area contributed by atoms with E-state index in [1.54, 1.807) is 0 Å². The molecule has 12 heteroatoms. The van der Waals surface area contributed by atoms with Gasteiger partial charge in [-0.3, -0.25) is 18.6 Å². The van der Waals surface area contributed by atoms with Crippen LogP contribution in [0.15, 0.2) is 85.1 Å². The SMILES string of the molecule is CCCCC/C=C\C/C=C\C/C=C\C/C=C\CCCCCC(=O)O[C@H](COC(=O)CCC/C=C\C/C=C\C/C=C\CC1OC1CCCCC)COP(=O)(O)OC[C@@H](O)CO. The van der Waals surface area contributed by atoms with Crippen molar-refractivity contribution in [1.82, 2.24) is 0 Å². The number of unbranched alkanes of at least 4 members (excludes halogenated alkanes) is 9. The van der Waals surface area contributed by atoms with E-state index < -0.39 is 51.8 Å². The van der Waals surface area contributed by atoms with Crippen LogP contribution in [0.5, 0.6) is 0 Å². The van der Waals surface area contributed by atoms with Crippen LogP contribution in [-0.4, -0.2) is 77.9 Å². The third-order valence-electron chi connectivity index (χ3n) is 9.45. The Morgan fingerprint density at radius 2 is 1.10 bits per heavy atom. The highest BCUT2D eigenvalue weighted by atomic mass is 31.2. The minimum absolute atomic E-state index is 0.128. The zero-order valence-corrected chi connectivity index (χ0v) is 37.7. The molecule has 5 atom stereocenters. The summed E-state index contributed by atoms with van der Waals surface area (Å²) in [6, 6.07) is 0. The summed E-state index contributed by atoms with van der Waals surface area (Å²) in [5.74, 6) is -1.04. The van der Waals surface area contributed by atoms with Gasteiger partial charge in [0.1, 0.15) is 12.7 Å². The van der Waals surface area contributed by atoms with Crippen LogP contribution in [-0.2, 0) is 37.4 Å². The lowest BCUT2D eigenvalue weighted by molar-refractivity contribution is -0.161. The van der Waals surface area contributed by atoms with E-state index in [1.165, 1.54) is 51.4 Å². The van der Waals surface area contributed by atoms with Crippen molar-refractivity contribution in [2.75, 3.05) is 26.4 Å². The van der Waals surface area contributed by atoms with Crippen LogP contribution in [0, 0.1) is 0 Å². The topological polar surface area (TPSA) is 161 Å². The number of phosphoric acid groups is 1. The Morgan fingerprint density at radius 3 is 1.68 bits per heavy atom. The number of phosphoric ester groups is 1. The largest absolute Gasteiger partial charge is 0.472 e. The summed E-state index contributed by atoms with van der Waals surface area (Å²) in [4.78, 5) is 35.0. The second-order valence-electron chi connectivity index (χ2n) is 15.1. The van der Waals surface area contributed by atoms with Crippen molar-refractivity contribution in [3.63, 3.8) is 0 Å². The average molecular weight is 863 g/mol. The molecule has 0 radical (unpaired) electrons. The van der Waals surface area contributed by atoms with Gasteiger partial charge in [-0.2, -0.15) is 0 Å². The molecule has 3 N–H and O–H groups in total. The van der Waals surface area contributed by atoms with Crippen LogP contribution in [0.3, 0.4) is 0 Å². The molecular formula is C48H79O11P. The number of allylic oxidation sites excluding steroid dienone is 13. The Labute approximate surface area is 362 Å². The summed E-state index contributed by atoms with van der Waals surface area (Å²) in [5, 5.41) is 18.4. The lowest BCUT2D eigenvalue weighted by atomic mass is 10.1. The smallest absolute Gasteiger partial charge is 0.462 e. The summed E-state index contributed by atoms with van der Waals surface area (Å²) >= 11 is 0. The van der Waals surface area contributed by atoms with E-state index in [1.807, 2.05) is 6.08 Å².